The Morgan fingerprint density at radius 2 is 2.33 bits per heavy atom. The second kappa shape index (κ2) is 2.41. The van der Waals surface area contributed by atoms with Crippen molar-refractivity contribution in [2.45, 2.75) is 12.5 Å². The van der Waals surface area contributed by atoms with Crippen LogP contribution in [0.1, 0.15) is 6.92 Å². The lowest BCUT2D eigenvalue weighted by molar-refractivity contribution is -0.0175. The number of aromatic amines is 1. The fourth-order valence-electron chi connectivity index (χ4n) is 1.32. The van der Waals surface area contributed by atoms with Crippen LogP contribution in [0.15, 0.2) is 0 Å². The number of anilines is 1. The highest BCUT2D eigenvalue weighted by atomic mass is 16.5. The van der Waals surface area contributed by atoms with E-state index in [2.05, 4.69) is 27.5 Å². The molecular formula is C6H11N5O. The molecule has 1 aromatic heterocycles. The minimum atomic E-state index is -0.0410. The third kappa shape index (κ3) is 1.04. The second-order valence-corrected chi connectivity index (χ2v) is 3.22. The van der Waals surface area contributed by atoms with E-state index in [0.717, 1.165) is 13.1 Å². The molecule has 1 N–H and O–H groups in total. The maximum absolute atomic E-state index is 5.27. The fraction of sp³-hybridized carbons (Fsp3) is 0.833. The summed E-state index contributed by atoms with van der Waals surface area (Å²) < 4.78 is 5.27. The standard InChI is InChI=1S/C6H11N5O/c1-6(12-2)3-11(4-6)5-7-9-10-8-5/h3-4H2,1-2H3,(H,7,8,9,10). The van der Waals surface area contributed by atoms with Crippen LogP contribution in [-0.2, 0) is 4.74 Å². The van der Waals surface area contributed by atoms with E-state index in [1.165, 1.54) is 0 Å². The minimum Gasteiger partial charge on any atom is -0.375 e. The van der Waals surface area contributed by atoms with Crippen molar-refractivity contribution >= 4 is 5.95 Å². The summed E-state index contributed by atoms with van der Waals surface area (Å²) >= 11 is 0. The minimum absolute atomic E-state index is 0.0410. The van der Waals surface area contributed by atoms with Gasteiger partial charge in [-0.2, -0.15) is 5.21 Å². The first kappa shape index (κ1) is 7.48. The number of nitrogens with zero attached hydrogens (tertiary/aromatic N) is 4. The van der Waals surface area contributed by atoms with Gasteiger partial charge in [0.2, 0.25) is 0 Å². The lowest BCUT2D eigenvalue weighted by atomic mass is 9.97. The smallest absolute Gasteiger partial charge is 0.265 e. The van der Waals surface area contributed by atoms with Gasteiger partial charge in [0, 0.05) is 7.11 Å². The van der Waals surface area contributed by atoms with Crippen LogP contribution in [0.5, 0.6) is 0 Å². The molecule has 0 saturated carbocycles. The highest BCUT2D eigenvalue weighted by molar-refractivity contribution is 5.34. The molecule has 0 radical (unpaired) electrons. The number of aromatic nitrogens is 4. The van der Waals surface area contributed by atoms with Gasteiger partial charge in [-0.1, -0.05) is 5.10 Å². The van der Waals surface area contributed by atoms with Crippen LogP contribution in [0.2, 0.25) is 0 Å². The van der Waals surface area contributed by atoms with Gasteiger partial charge >= 0.3 is 0 Å². The molecule has 66 valence electrons. The molecule has 12 heavy (non-hydrogen) atoms. The van der Waals surface area contributed by atoms with Crippen molar-refractivity contribution in [2.24, 2.45) is 0 Å². The fourth-order valence-corrected chi connectivity index (χ4v) is 1.32. The van der Waals surface area contributed by atoms with Gasteiger partial charge < -0.3 is 9.64 Å². The van der Waals surface area contributed by atoms with Gasteiger partial charge in [0.15, 0.2) is 0 Å². The van der Waals surface area contributed by atoms with Gasteiger partial charge in [-0.05, 0) is 12.1 Å². The lowest BCUT2D eigenvalue weighted by Gasteiger charge is -2.45. The van der Waals surface area contributed by atoms with Gasteiger partial charge in [-0.3, -0.25) is 0 Å². The zero-order valence-electron chi connectivity index (χ0n) is 7.11. The second-order valence-electron chi connectivity index (χ2n) is 3.22. The van der Waals surface area contributed by atoms with Gasteiger partial charge in [-0.25, -0.2) is 0 Å². The summed E-state index contributed by atoms with van der Waals surface area (Å²) in [7, 11) is 1.72. The summed E-state index contributed by atoms with van der Waals surface area (Å²) in [6, 6.07) is 0. The first-order valence-electron chi connectivity index (χ1n) is 3.77. The van der Waals surface area contributed by atoms with E-state index in [1.54, 1.807) is 7.11 Å². The van der Waals surface area contributed by atoms with Crippen LogP contribution in [0.25, 0.3) is 0 Å². The van der Waals surface area contributed by atoms with E-state index < -0.39 is 0 Å². The normalized spacial score (nSPS) is 20.7. The number of tetrazole rings is 1. The van der Waals surface area contributed by atoms with Gasteiger partial charge in [0.05, 0.1) is 13.1 Å². The largest absolute Gasteiger partial charge is 0.375 e. The van der Waals surface area contributed by atoms with Crippen LogP contribution < -0.4 is 4.90 Å². The number of rotatable bonds is 2. The van der Waals surface area contributed by atoms with E-state index in [-0.39, 0.29) is 5.60 Å². The van der Waals surface area contributed by atoms with Crippen LogP contribution in [0.3, 0.4) is 0 Å². The molecular weight excluding hydrogens is 158 g/mol. The number of ether oxygens (including phenoxy) is 1. The van der Waals surface area contributed by atoms with E-state index in [9.17, 15) is 0 Å². The summed E-state index contributed by atoms with van der Waals surface area (Å²) in [5.41, 5.74) is -0.0410. The Labute approximate surface area is 69.9 Å². The molecule has 0 unspecified atom stereocenters. The molecule has 0 atom stereocenters. The van der Waals surface area contributed by atoms with Crippen molar-refractivity contribution in [3.05, 3.63) is 0 Å². The molecule has 2 heterocycles. The van der Waals surface area contributed by atoms with Gasteiger partial charge in [0.1, 0.15) is 5.60 Å². The lowest BCUT2D eigenvalue weighted by Crippen LogP contribution is -2.61. The van der Waals surface area contributed by atoms with E-state index >= 15 is 0 Å². The van der Waals surface area contributed by atoms with Crippen LogP contribution in [-0.4, -0.2) is 46.4 Å². The topological polar surface area (TPSA) is 66.9 Å². The van der Waals surface area contributed by atoms with E-state index in [1.807, 2.05) is 4.90 Å². The molecule has 0 amide bonds. The number of nitrogens with one attached hydrogen (secondary N) is 1. The third-order valence-corrected chi connectivity index (χ3v) is 2.16. The van der Waals surface area contributed by atoms with Crippen LogP contribution in [0, 0.1) is 0 Å². The maximum atomic E-state index is 5.27. The molecule has 1 saturated heterocycles. The molecule has 0 aromatic carbocycles. The first-order valence-corrected chi connectivity index (χ1v) is 3.77. The number of hydrogen-bond acceptors (Lipinski definition) is 5. The van der Waals surface area contributed by atoms with Crippen molar-refractivity contribution in [1.82, 2.24) is 20.6 Å². The average molecular weight is 169 g/mol. The summed E-state index contributed by atoms with van der Waals surface area (Å²) in [5.74, 6) is 0.643. The highest BCUT2D eigenvalue weighted by Crippen LogP contribution is 2.26. The molecule has 0 aliphatic carbocycles. The van der Waals surface area contributed by atoms with Crippen LogP contribution in [0.4, 0.5) is 5.95 Å². The summed E-state index contributed by atoms with van der Waals surface area (Å²) in [6.07, 6.45) is 0. The van der Waals surface area contributed by atoms with Crippen molar-refractivity contribution in [3.63, 3.8) is 0 Å². The molecule has 0 bridgehead atoms. The molecule has 1 aromatic rings. The number of H-pyrrole nitrogens is 1. The van der Waals surface area contributed by atoms with Crippen molar-refractivity contribution in [2.75, 3.05) is 25.1 Å². The Morgan fingerprint density at radius 3 is 2.83 bits per heavy atom. The Hall–Kier alpha value is -1.17. The number of methoxy groups -OCH3 is 1. The highest BCUT2D eigenvalue weighted by Gasteiger charge is 2.40. The Morgan fingerprint density at radius 1 is 1.58 bits per heavy atom. The van der Waals surface area contributed by atoms with Crippen LogP contribution >= 0.6 is 0 Å². The molecule has 6 heteroatoms. The monoisotopic (exact) mass is 169 g/mol. The molecule has 1 fully saturated rings. The van der Waals surface area contributed by atoms with Crippen molar-refractivity contribution < 1.29 is 4.74 Å². The predicted octanol–water partition coefficient (Wildman–Crippen LogP) is -0.575. The first-order chi connectivity index (χ1) is 5.73. The molecule has 1 aliphatic heterocycles. The summed E-state index contributed by atoms with van der Waals surface area (Å²) in [5, 5.41) is 13.6. The number of hydrogen-bond donors (Lipinski definition) is 1. The Bertz CT molecular complexity index is 253. The maximum Gasteiger partial charge on any atom is 0.265 e. The van der Waals surface area contributed by atoms with Crippen molar-refractivity contribution in [3.8, 4) is 0 Å². The SMILES string of the molecule is COC1(C)CN(c2nn[nH]n2)C1. The Kier molecular flexibility index (Phi) is 1.50. The van der Waals surface area contributed by atoms with Gasteiger partial charge in [-0.15, -0.1) is 5.10 Å². The summed E-state index contributed by atoms with van der Waals surface area (Å²) in [4.78, 5) is 2.01. The Balaban J connectivity index is 1.98. The average Bonchev–Trinajstić information content (AvgIpc) is 2.50. The molecule has 2 rings (SSSR count). The van der Waals surface area contributed by atoms with Gasteiger partial charge in [0.25, 0.3) is 5.95 Å². The zero-order valence-corrected chi connectivity index (χ0v) is 7.11. The quantitative estimate of drug-likeness (QED) is 0.641. The summed E-state index contributed by atoms with van der Waals surface area (Å²) in [6.45, 7) is 3.70. The molecule has 6 nitrogen and oxygen atoms in total. The predicted molar refractivity (Wildman–Crippen MR) is 41.8 cm³/mol. The van der Waals surface area contributed by atoms with E-state index in [4.69, 9.17) is 4.74 Å². The molecule has 0 spiro atoms. The molecule has 1 aliphatic rings. The third-order valence-electron chi connectivity index (χ3n) is 2.16. The van der Waals surface area contributed by atoms with E-state index in [0.29, 0.717) is 5.95 Å². The van der Waals surface area contributed by atoms with Crippen molar-refractivity contribution in [1.29, 1.82) is 0 Å². The zero-order chi connectivity index (χ0) is 8.60.